The smallest absolute Gasteiger partial charge is 0.311 e. The number of rotatable bonds is 5. The first-order chi connectivity index (χ1) is 8.47. The molecule has 0 amide bonds. The second-order valence-corrected chi connectivity index (χ2v) is 4.68. The largest absolute Gasteiger partial charge is 0.469 e. The van der Waals surface area contributed by atoms with Gasteiger partial charge in [0, 0.05) is 0 Å². The van der Waals surface area contributed by atoms with E-state index in [9.17, 15) is 9.90 Å². The molecule has 0 aliphatic heterocycles. The summed E-state index contributed by atoms with van der Waals surface area (Å²) in [7, 11) is 1.35. The average molecular weight is 250 g/mol. The summed E-state index contributed by atoms with van der Waals surface area (Å²) < 4.78 is 4.76. The Labute approximate surface area is 109 Å². The molecule has 18 heavy (non-hydrogen) atoms. The molecule has 0 fully saturated rings. The van der Waals surface area contributed by atoms with E-state index in [0.29, 0.717) is 6.42 Å². The van der Waals surface area contributed by atoms with Crippen molar-refractivity contribution in [3.05, 3.63) is 35.4 Å². The van der Waals surface area contributed by atoms with Crippen LogP contribution in [0, 0.1) is 5.92 Å². The Bertz CT molecular complexity index is 393. The van der Waals surface area contributed by atoms with Gasteiger partial charge in [0.05, 0.1) is 13.0 Å². The molecule has 1 aromatic rings. The number of carbonyl (C=O) groups excluding carboxylic acids is 1. The molecule has 0 saturated heterocycles. The third-order valence-electron chi connectivity index (χ3n) is 3.52. The summed E-state index contributed by atoms with van der Waals surface area (Å²) in [5, 5.41) is 10.6. The van der Waals surface area contributed by atoms with Crippen LogP contribution in [0.15, 0.2) is 24.3 Å². The van der Waals surface area contributed by atoms with Gasteiger partial charge in [0.15, 0.2) is 0 Å². The fourth-order valence-corrected chi connectivity index (χ4v) is 2.21. The zero-order valence-electron chi connectivity index (χ0n) is 11.6. The van der Waals surface area contributed by atoms with Crippen molar-refractivity contribution in [2.45, 2.75) is 39.2 Å². The number of benzene rings is 1. The molecular formula is C15H22O3. The summed E-state index contributed by atoms with van der Waals surface area (Å²) in [5.74, 6) is -0.919. The number of carbonyl (C=O) groups is 1. The number of ether oxygens (including phenoxy) is 1. The van der Waals surface area contributed by atoms with Crippen molar-refractivity contribution in [1.82, 2.24) is 0 Å². The lowest BCUT2D eigenvalue weighted by atomic mass is 9.81. The van der Waals surface area contributed by atoms with Crippen LogP contribution in [0.3, 0.4) is 0 Å². The standard InChI is InChI=1S/C15H22O3/c1-5-11-7-9-12(10-8-11)15(3,17)13(6-2)14(16)18-4/h7-10,13,17H,5-6H2,1-4H3. The van der Waals surface area contributed by atoms with Gasteiger partial charge in [-0.2, -0.15) is 0 Å². The van der Waals surface area contributed by atoms with E-state index in [0.717, 1.165) is 12.0 Å². The third-order valence-corrected chi connectivity index (χ3v) is 3.52. The van der Waals surface area contributed by atoms with Gasteiger partial charge in [-0.25, -0.2) is 0 Å². The minimum absolute atomic E-state index is 0.373. The minimum atomic E-state index is -1.20. The van der Waals surface area contributed by atoms with Crippen molar-refractivity contribution in [3.8, 4) is 0 Å². The first kappa shape index (κ1) is 14.7. The van der Waals surface area contributed by atoms with Gasteiger partial charge >= 0.3 is 5.97 Å². The Morgan fingerprint density at radius 2 is 1.89 bits per heavy atom. The van der Waals surface area contributed by atoms with E-state index in [1.54, 1.807) is 6.92 Å². The first-order valence-electron chi connectivity index (χ1n) is 6.36. The average Bonchev–Trinajstić information content (AvgIpc) is 2.39. The van der Waals surface area contributed by atoms with E-state index in [1.165, 1.54) is 12.7 Å². The molecule has 0 heterocycles. The van der Waals surface area contributed by atoms with E-state index in [2.05, 4.69) is 6.92 Å². The maximum absolute atomic E-state index is 11.7. The Morgan fingerprint density at radius 3 is 2.28 bits per heavy atom. The van der Waals surface area contributed by atoms with Gasteiger partial charge in [-0.3, -0.25) is 4.79 Å². The van der Waals surface area contributed by atoms with Gasteiger partial charge in [0.2, 0.25) is 0 Å². The van der Waals surface area contributed by atoms with Crippen LogP contribution in [0.1, 0.15) is 38.3 Å². The number of aliphatic hydroxyl groups is 1. The molecule has 0 aliphatic carbocycles. The van der Waals surface area contributed by atoms with Gasteiger partial charge in [0.1, 0.15) is 5.60 Å². The zero-order chi connectivity index (χ0) is 13.8. The number of hydrogen-bond donors (Lipinski definition) is 1. The Kier molecular flexibility index (Phi) is 4.91. The van der Waals surface area contributed by atoms with Gasteiger partial charge in [-0.15, -0.1) is 0 Å². The predicted octanol–water partition coefficient (Wildman–Crippen LogP) is 2.66. The highest BCUT2D eigenvalue weighted by Crippen LogP contribution is 2.32. The number of methoxy groups -OCH3 is 1. The van der Waals surface area contributed by atoms with E-state index >= 15 is 0 Å². The SMILES string of the molecule is CCc1ccc(C(C)(O)C(CC)C(=O)OC)cc1. The van der Waals surface area contributed by atoms with Crippen molar-refractivity contribution >= 4 is 5.97 Å². The molecule has 3 heteroatoms. The molecule has 0 aromatic heterocycles. The van der Waals surface area contributed by atoms with Crippen LogP contribution < -0.4 is 0 Å². The fraction of sp³-hybridized carbons (Fsp3) is 0.533. The maximum atomic E-state index is 11.7. The van der Waals surface area contributed by atoms with Crippen LogP contribution >= 0.6 is 0 Å². The molecule has 1 N–H and O–H groups in total. The summed E-state index contributed by atoms with van der Waals surface area (Å²) in [6, 6.07) is 7.72. The van der Waals surface area contributed by atoms with Crippen molar-refractivity contribution in [1.29, 1.82) is 0 Å². The second kappa shape index (κ2) is 6.01. The predicted molar refractivity (Wildman–Crippen MR) is 71.2 cm³/mol. The monoisotopic (exact) mass is 250 g/mol. The van der Waals surface area contributed by atoms with E-state index in [4.69, 9.17) is 4.74 Å². The number of aryl methyl sites for hydroxylation is 1. The quantitative estimate of drug-likeness (QED) is 0.817. The van der Waals surface area contributed by atoms with Gasteiger partial charge in [-0.05, 0) is 30.9 Å². The van der Waals surface area contributed by atoms with Crippen LogP contribution in [0.25, 0.3) is 0 Å². The number of esters is 1. The lowest BCUT2D eigenvalue weighted by Gasteiger charge is -2.31. The normalized spacial score (nSPS) is 15.8. The van der Waals surface area contributed by atoms with Crippen LogP contribution in [-0.4, -0.2) is 18.2 Å². The Morgan fingerprint density at radius 1 is 1.33 bits per heavy atom. The highest BCUT2D eigenvalue weighted by molar-refractivity contribution is 5.74. The molecule has 3 nitrogen and oxygen atoms in total. The minimum Gasteiger partial charge on any atom is -0.469 e. The van der Waals surface area contributed by atoms with Gasteiger partial charge in [0.25, 0.3) is 0 Å². The molecule has 0 bridgehead atoms. The van der Waals surface area contributed by atoms with E-state index in [1.807, 2.05) is 31.2 Å². The molecular weight excluding hydrogens is 228 g/mol. The third kappa shape index (κ3) is 2.91. The lowest BCUT2D eigenvalue weighted by Crippen LogP contribution is -2.37. The summed E-state index contributed by atoms with van der Waals surface area (Å²) >= 11 is 0. The van der Waals surface area contributed by atoms with Crippen molar-refractivity contribution in [3.63, 3.8) is 0 Å². The first-order valence-corrected chi connectivity index (χ1v) is 6.36. The summed E-state index contributed by atoms with van der Waals surface area (Å²) in [4.78, 5) is 11.7. The van der Waals surface area contributed by atoms with E-state index in [-0.39, 0.29) is 5.97 Å². The molecule has 100 valence electrons. The van der Waals surface area contributed by atoms with Gasteiger partial charge < -0.3 is 9.84 Å². The van der Waals surface area contributed by atoms with Crippen molar-refractivity contribution in [2.24, 2.45) is 5.92 Å². The van der Waals surface area contributed by atoms with Crippen LogP contribution in [0.4, 0.5) is 0 Å². The number of hydrogen-bond acceptors (Lipinski definition) is 3. The van der Waals surface area contributed by atoms with E-state index < -0.39 is 11.5 Å². The van der Waals surface area contributed by atoms with Crippen LogP contribution in [0.2, 0.25) is 0 Å². The molecule has 1 aromatic carbocycles. The fourth-order valence-electron chi connectivity index (χ4n) is 2.21. The molecule has 0 spiro atoms. The molecule has 1 rings (SSSR count). The Hall–Kier alpha value is -1.35. The molecule has 0 aliphatic rings. The highest BCUT2D eigenvalue weighted by atomic mass is 16.5. The molecule has 2 unspecified atom stereocenters. The Balaban J connectivity index is 3.05. The topological polar surface area (TPSA) is 46.5 Å². The maximum Gasteiger partial charge on any atom is 0.311 e. The summed E-state index contributed by atoms with van der Waals surface area (Å²) in [6.45, 7) is 5.62. The molecule has 0 radical (unpaired) electrons. The summed E-state index contributed by atoms with van der Waals surface area (Å²) in [6.07, 6.45) is 1.49. The second-order valence-electron chi connectivity index (χ2n) is 4.68. The molecule has 2 atom stereocenters. The van der Waals surface area contributed by atoms with Crippen molar-refractivity contribution < 1.29 is 14.6 Å². The molecule has 0 saturated carbocycles. The highest BCUT2D eigenvalue weighted by Gasteiger charge is 2.38. The summed E-state index contributed by atoms with van der Waals surface area (Å²) in [5.41, 5.74) is 0.756. The van der Waals surface area contributed by atoms with Crippen molar-refractivity contribution in [2.75, 3.05) is 7.11 Å². The van der Waals surface area contributed by atoms with Crippen LogP contribution in [-0.2, 0) is 21.6 Å². The van der Waals surface area contributed by atoms with Crippen LogP contribution in [0.5, 0.6) is 0 Å². The zero-order valence-corrected chi connectivity index (χ0v) is 11.6. The lowest BCUT2D eigenvalue weighted by molar-refractivity contribution is -0.155. The van der Waals surface area contributed by atoms with Gasteiger partial charge in [-0.1, -0.05) is 38.1 Å².